The Morgan fingerprint density at radius 2 is 2.14 bits per heavy atom. The molecular weight excluding hydrogens is 284 g/mol. The zero-order valence-electron chi connectivity index (χ0n) is 11.3. The molecule has 21 heavy (non-hydrogen) atoms. The van der Waals surface area contributed by atoms with Crippen LogP contribution >= 0.6 is 11.3 Å². The van der Waals surface area contributed by atoms with Gasteiger partial charge in [0, 0.05) is 24.2 Å². The summed E-state index contributed by atoms with van der Waals surface area (Å²) < 4.78 is 0. The van der Waals surface area contributed by atoms with Crippen LogP contribution in [0.25, 0.3) is 21.1 Å². The summed E-state index contributed by atoms with van der Waals surface area (Å²) in [6.07, 6.45) is 6.95. The standard InChI is InChI=1S/C15H12N4OS/c1-20-18-9-12-5-2-6-13(19-12)14-10-17-15(21-14)11-4-3-7-16-8-11/h2-10H,1H3. The molecule has 0 amide bonds. The third-order valence-electron chi connectivity index (χ3n) is 2.73. The molecule has 5 nitrogen and oxygen atoms in total. The Hall–Kier alpha value is -2.60. The van der Waals surface area contributed by atoms with E-state index in [1.165, 1.54) is 7.11 Å². The van der Waals surface area contributed by atoms with Crippen molar-refractivity contribution in [1.29, 1.82) is 0 Å². The highest BCUT2D eigenvalue weighted by atomic mass is 32.1. The third-order valence-corrected chi connectivity index (χ3v) is 3.80. The molecule has 0 aliphatic rings. The van der Waals surface area contributed by atoms with Crippen molar-refractivity contribution in [3.63, 3.8) is 0 Å². The second-order valence-electron chi connectivity index (χ2n) is 4.14. The monoisotopic (exact) mass is 296 g/mol. The van der Waals surface area contributed by atoms with E-state index in [2.05, 4.69) is 24.9 Å². The van der Waals surface area contributed by atoms with Crippen LogP contribution in [-0.4, -0.2) is 28.3 Å². The molecule has 0 saturated carbocycles. The summed E-state index contributed by atoms with van der Waals surface area (Å²) in [7, 11) is 1.50. The highest BCUT2D eigenvalue weighted by Gasteiger charge is 2.08. The van der Waals surface area contributed by atoms with Gasteiger partial charge in [0.2, 0.25) is 0 Å². The lowest BCUT2D eigenvalue weighted by atomic mass is 10.3. The van der Waals surface area contributed by atoms with E-state index in [4.69, 9.17) is 0 Å². The second kappa shape index (κ2) is 6.23. The smallest absolute Gasteiger partial charge is 0.125 e. The topological polar surface area (TPSA) is 60.3 Å². The number of rotatable bonds is 4. The molecule has 3 heterocycles. The normalized spacial score (nSPS) is 10.9. The molecule has 6 heteroatoms. The van der Waals surface area contributed by atoms with Crippen molar-refractivity contribution in [2.45, 2.75) is 0 Å². The van der Waals surface area contributed by atoms with E-state index >= 15 is 0 Å². The molecule has 0 atom stereocenters. The van der Waals surface area contributed by atoms with Crippen LogP contribution in [0.4, 0.5) is 0 Å². The van der Waals surface area contributed by atoms with Crippen molar-refractivity contribution in [2.24, 2.45) is 5.16 Å². The summed E-state index contributed by atoms with van der Waals surface area (Å²) in [6, 6.07) is 9.64. The van der Waals surface area contributed by atoms with E-state index in [-0.39, 0.29) is 0 Å². The minimum atomic E-state index is 0.741. The van der Waals surface area contributed by atoms with Crippen LogP contribution in [0, 0.1) is 0 Å². The van der Waals surface area contributed by atoms with Crippen molar-refractivity contribution in [1.82, 2.24) is 15.0 Å². The van der Waals surface area contributed by atoms with Crippen molar-refractivity contribution in [3.05, 3.63) is 54.6 Å². The van der Waals surface area contributed by atoms with Crippen LogP contribution in [0.2, 0.25) is 0 Å². The number of hydrogen-bond acceptors (Lipinski definition) is 6. The summed E-state index contributed by atoms with van der Waals surface area (Å²) in [4.78, 5) is 18.7. The second-order valence-corrected chi connectivity index (χ2v) is 5.17. The van der Waals surface area contributed by atoms with E-state index in [9.17, 15) is 0 Å². The lowest BCUT2D eigenvalue weighted by Crippen LogP contribution is -1.89. The van der Waals surface area contributed by atoms with Gasteiger partial charge in [0.25, 0.3) is 0 Å². The fraction of sp³-hybridized carbons (Fsp3) is 0.0667. The SMILES string of the molecule is CON=Cc1cccc(-c2cnc(-c3cccnc3)s2)n1. The minimum Gasteiger partial charge on any atom is -0.399 e. The van der Waals surface area contributed by atoms with Crippen molar-refractivity contribution in [3.8, 4) is 21.1 Å². The molecular formula is C15H12N4OS. The van der Waals surface area contributed by atoms with E-state index in [1.807, 2.05) is 36.5 Å². The van der Waals surface area contributed by atoms with Crippen LogP contribution in [0.15, 0.2) is 54.1 Å². The molecule has 0 radical (unpaired) electrons. The van der Waals surface area contributed by atoms with Gasteiger partial charge in [-0.1, -0.05) is 11.2 Å². The molecule has 0 aliphatic carbocycles. The summed E-state index contributed by atoms with van der Waals surface area (Å²) in [5.74, 6) is 0. The number of nitrogens with zero attached hydrogens (tertiary/aromatic N) is 4. The molecule has 104 valence electrons. The lowest BCUT2D eigenvalue weighted by Gasteiger charge is -1.97. The summed E-state index contributed by atoms with van der Waals surface area (Å²) in [5.41, 5.74) is 2.61. The average Bonchev–Trinajstić information content (AvgIpc) is 3.04. The Balaban J connectivity index is 1.91. The first kappa shape index (κ1) is 13.4. The van der Waals surface area contributed by atoms with E-state index in [1.54, 1.807) is 29.9 Å². The molecule has 0 aliphatic heterocycles. The maximum absolute atomic E-state index is 4.67. The predicted molar refractivity (Wildman–Crippen MR) is 83.2 cm³/mol. The van der Waals surface area contributed by atoms with Gasteiger partial charge in [0.15, 0.2) is 0 Å². The minimum absolute atomic E-state index is 0.741. The van der Waals surface area contributed by atoms with Crippen LogP contribution in [0.1, 0.15) is 5.69 Å². The molecule has 3 rings (SSSR count). The fourth-order valence-electron chi connectivity index (χ4n) is 1.78. The maximum atomic E-state index is 4.67. The van der Waals surface area contributed by atoms with Crippen molar-refractivity contribution < 1.29 is 4.84 Å². The van der Waals surface area contributed by atoms with Crippen LogP contribution < -0.4 is 0 Å². The highest BCUT2D eigenvalue weighted by Crippen LogP contribution is 2.30. The van der Waals surface area contributed by atoms with E-state index in [0.717, 1.165) is 26.8 Å². The van der Waals surface area contributed by atoms with Gasteiger partial charge in [-0.3, -0.25) is 4.98 Å². The Morgan fingerprint density at radius 1 is 1.19 bits per heavy atom. The van der Waals surface area contributed by atoms with E-state index in [0.29, 0.717) is 0 Å². The quantitative estimate of drug-likeness (QED) is 0.548. The molecule has 0 N–H and O–H groups in total. The molecule has 3 aromatic heterocycles. The highest BCUT2D eigenvalue weighted by molar-refractivity contribution is 7.18. The number of hydrogen-bond donors (Lipinski definition) is 0. The number of oxime groups is 1. The molecule has 3 aromatic rings. The van der Waals surface area contributed by atoms with Gasteiger partial charge >= 0.3 is 0 Å². The summed E-state index contributed by atoms with van der Waals surface area (Å²) >= 11 is 1.58. The molecule has 0 saturated heterocycles. The van der Waals surface area contributed by atoms with E-state index < -0.39 is 0 Å². The Labute approximate surface area is 126 Å². The summed E-state index contributed by atoms with van der Waals surface area (Å²) in [5, 5.41) is 4.65. The first-order valence-electron chi connectivity index (χ1n) is 6.27. The maximum Gasteiger partial charge on any atom is 0.125 e. The molecule has 0 spiro atoms. The van der Waals surface area contributed by atoms with Gasteiger partial charge in [-0.05, 0) is 24.3 Å². The predicted octanol–water partition coefficient (Wildman–Crippen LogP) is 3.25. The zero-order chi connectivity index (χ0) is 14.5. The Kier molecular flexibility index (Phi) is 3.97. The third kappa shape index (κ3) is 3.11. The van der Waals surface area contributed by atoms with Gasteiger partial charge in [-0.25, -0.2) is 9.97 Å². The zero-order valence-corrected chi connectivity index (χ0v) is 12.1. The molecule has 0 aromatic carbocycles. The summed E-state index contributed by atoms with van der Waals surface area (Å²) in [6.45, 7) is 0. The first-order valence-corrected chi connectivity index (χ1v) is 7.08. The van der Waals surface area contributed by atoms with Crippen LogP contribution in [0.5, 0.6) is 0 Å². The molecule has 0 unspecified atom stereocenters. The number of thiazole rings is 1. The van der Waals surface area contributed by atoms with Crippen molar-refractivity contribution in [2.75, 3.05) is 7.11 Å². The number of pyridine rings is 2. The first-order chi connectivity index (χ1) is 10.4. The van der Waals surface area contributed by atoms with Gasteiger partial charge in [0.05, 0.1) is 22.5 Å². The Morgan fingerprint density at radius 3 is 2.95 bits per heavy atom. The van der Waals surface area contributed by atoms with Gasteiger partial charge in [0.1, 0.15) is 12.1 Å². The average molecular weight is 296 g/mol. The van der Waals surface area contributed by atoms with Crippen LogP contribution in [0.3, 0.4) is 0 Å². The van der Waals surface area contributed by atoms with Gasteiger partial charge < -0.3 is 4.84 Å². The van der Waals surface area contributed by atoms with Crippen molar-refractivity contribution >= 4 is 17.6 Å². The largest absolute Gasteiger partial charge is 0.399 e. The molecule has 0 bridgehead atoms. The molecule has 0 fully saturated rings. The van der Waals surface area contributed by atoms with Gasteiger partial charge in [-0.2, -0.15) is 0 Å². The van der Waals surface area contributed by atoms with Gasteiger partial charge in [-0.15, -0.1) is 11.3 Å². The van der Waals surface area contributed by atoms with Crippen LogP contribution in [-0.2, 0) is 4.84 Å². The lowest BCUT2D eigenvalue weighted by molar-refractivity contribution is 0.215. The number of aromatic nitrogens is 3. The Bertz CT molecular complexity index is 755. The fourth-order valence-corrected chi connectivity index (χ4v) is 2.66.